The van der Waals surface area contributed by atoms with Crippen LogP contribution in [-0.4, -0.2) is 5.78 Å². The van der Waals surface area contributed by atoms with Crippen molar-refractivity contribution in [3.8, 4) is 0 Å². The summed E-state index contributed by atoms with van der Waals surface area (Å²) in [5.74, 6) is 1.70. The maximum Gasteiger partial charge on any atom is 0.166 e. The van der Waals surface area contributed by atoms with Gasteiger partial charge in [0.2, 0.25) is 0 Å². The molecule has 3 atom stereocenters. The Kier molecular flexibility index (Phi) is 2.73. The molecule has 0 saturated heterocycles. The topological polar surface area (TPSA) is 17.1 Å². The zero-order valence-corrected chi connectivity index (χ0v) is 9.86. The number of carbonyl (C=O) groups is 1. The molecule has 2 aliphatic carbocycles. The van der Waals surface area contributed by atoms with Crippen molar-refractivity contribution in [2.75, 3.05) is 0 Å². The molecule has 3 unspecified atom stereocenters. The predicted octanol–water partition coefficient (Wildman–Crippen LogP) is 3.83. The Morgan fingerprint density at radius 2 is 2.06 bits per heavy atom. The first-order valence-corrected chi connectivity index (χ1v) is 6.52. The lowest BCUT2D eigenvalue weighted by molar-refractivity contribution is 0.0940. The minimum atomic E-state index is -0.374. The summed E-state index contributed by atoms with van der Waals surface area (Å²) in [7, 11) is 0. The van der Waals surface area contributed by atoms with Gasteiger partial charge in [0.15, 0.2) is 5.78 Å². The van der Waals surface area contributed by atoms with Gasteiger partial charge in [-0.05, 0) is 49.1 Å². The molecule has 0 heterocycles. The van der Waals surface area contributed by atoms with E-state index in [0.717, 1.165) is 11.8 Å². The lowest BCUT2D eigenvalue weighted by Crippen LogP contribution is -2.16. The fraction of sp³-hybridized carbons (Fsp3) is 0.533. The van der Waals surface area contributed by atoms with Crippen molar-refractivity contribution < 1.29 is 9.18 Å². The van der Waals surface area contributed by atoms with Gasteiger partial charge in [0.25, 0.3) is 0 Å². The van der Waals surface area contributed by atoms with Crippen molar-refractivity contribution in [1.82, 2.24) is 0 Å². The molecule has 0 radical (unpaired) electrons. The first-order valence-electron chi connectivity index (χ1n) is 6.52. The number of halogens is 1. The number of ketones is 1. The number of hydrogen-bond donors (Lipinski definition) is 0. The molecular weight excluding hydrogens is 215 g/mol. The smallest absolute Gasteiger partial charge is 0.166 e. The third-order valence-electron chi connectivity index (χ3n) is 4.51. The van der Waals surface area contributed by atoms with Crippen molar-refractivity contribution in [3.05, 3.63) is 35.6 Å². The van der Waals surface area contributed by atoms with Gasteiger partial charge in [-0.25, -0.2) is 4.39 Å². The molecule has 0 amide bonds. The number of Topliss-reactive ketones (excluding diaryl/α,β-unsaturated/α-hetero) is 1. The lowest BCUT2D eigenvalue weighted by Gasteiger charge is -2.20. The van der Waals surface area contributed by atoms with Gasteiger partial charge >= 0.3 is 0 Å². The molecule has 90 valence electrons. The Balaban J connectivity index is 1.70. The van der Waals surface area contributed by atoms with Crippen LogP contribution in [0, 0.1) is 23.6 Å². The number of benzene rings is 1. The van der Waals surface area contributed by atoms with E-state index < -0.39 is 0 Å². The van der Waals surface area contributed by atoms with Crippen LogP contribution in [0.4, 0.5) is 4.39 Å². The molecule has 2 bridgehead atoms. The van der Waals surface area contributed by atoms with Crippen LogP contribution < -0.4 is 0 Å². The number of rotatable bonds is 3. The average molecular weight is 232 g/mol. The van der Waals surface area contributed by atoms with E-state index in [0.29, 0.717) is 12.3 Å². The van der Waals surface area contributed by atoms with Crippen LogP contribution >= 0.6 is 0 Å². The summed E-state index contributed by atoms with van der Waals surface area (Å²) in [6, 6.07) is 6.33. The van der Waals surface area contributed by atoms with E-state index in [1.54, 1.807) is 18.2 Å². The first-order chi connectivity index (χ1) is 8.24. The molecule has 0 aliphatic heterocycles. The SMILES string of the molecule is O=C(CC1CC2CCC1C2)c1ccccc1F. The third-order valence-corrected chi connectivity index (χ3v) is 4.51. The average Bonchev–Trinajstić information content (AvgIpc) is 2.91. The van der Waals surface area contributed by atoms with Crippen LogP contribution in [-0.2, 0) is 0 Å². The maximum absolute atomic E-state index is 13.5. The van der Waals surface area contributed by atoms with Gasteiger partial charge in [0, 0.05) is 6.42 Å². The van der Waals surface area contributed by atoms with Crippen LogP contribution in [0.5, 0.6) is 0 Å². The molecule has 0 aromatic heterocycles. The van der Waals surface area contributed by atoms with E-state index >= 15 is 0 Å². The van der Waals surface area contributed by atoms with Gasteiger partial charge < -0.3 is 0 Å². The monoisotopic (exact) mass is 232 g/mol. The molecule has 3 rings (SSSR count). The maximum atomic E-state index is 13.5. The van der Waals surface area contributed by atoms with Crippen molar-refractivity contribution in [3.63, 3.8) is 0 Å². The number of hydrogen-bond acceptors (Lipinski definition) is 1. The molecule has 2 saturated carbocycles. The number of carbonyl (C=O) groups excluding carboxylic acids is 1. The fourth-order valence-corrected chi connectivity index (χ4v) is 3.66. The van der Waals surface area contributed by atoms with Crippen LogP contribution in [0.3, 0.4) is 0 Å². The van der Waals surface area contributed by atoms with Gasteiger partial charge in [-0.3, -0.25) is 4.79 Å². The zero-order valence-electron chi connectivity index (χ0n) is 9.86. The highest BCUT2D eigenvalue weighted by molar-refractivity contribution is 5.96. The van der Waals surface area contributed by atoms with E-state index in [2.05, 4.69) is 0 Å². The molecule has 1 aromatic rings. The molecule has 1 nitrogen and oxygen atoms in total. The summed E-state index contributed by atoms with van der Waals surface area (Å²) in [6.07, 6.45) is 5.65. The lowest BCUT2D eigenvalue weighted by atomic mass is 9.84. The molecule has 17 heavy (non-hydrogen) atoms. The Labute approximate surface area is 101 Å². The van der Waals surface area contributed by atoms with Crippen molar-refractivity contribution in [2.24, 2.45) is 17.8 Å². The summed E-state index contributed by atoms with van der Waals surface area (Å²) in [4.78, 5) is 12.1. The highest BCUT2D eigenvalue weighted by Crippen LogP contribution is 2.49. The van der Waals surface area contributed by atoms with Crippen LogP contribution in [0.15, 0.2) is 24.3 Å². The van der Waals surface area contributed by atoms with Crippen molar-refractivity contribution >= 4 is 5.78 Å². The van der Waals surface area contributed by atoms with E-state index in [1.165, 1.54) is 31.7 Å². The summed E-state index contributed by atoms with van der Waals surface area (Å²) < 4.78 is 13.5. The number of fused-ring (bicyclic) bond motifs is 2. The normalized spacial score (nSPS) is 30.8. The highest BCUT2D eigenvalue weighted by Gasteiger charge is 2.40. The standard InChI is InChI=1S/C15H17FO/c16-14-4-2-1-3-13(14)15(17)9-12-8-10-5-6-11(12)7-10/h1-4,10-12H,5-9H2. The summed E-state index contributed by atoms with van der Waals surface area (Å²) in [5, 5.41) is 0. The second-order valence-corrected chi connectivity index (χ2v) is 5.54. The van der Waals surface area contributed by atoms with Gasteiger partial charge in [0.1, 0.15) is 5.82 Å². The van der Waals surface area contributed by atoms with E-state index in [4.69, 9.17) is 0 Å². The largest absolute Gasteiger partial charge is 0.294 e. The predicted molar refractivity (Wildman–Crippen MR) is 64.3 cm³/mol. The Morgan fingerprint density at radius 3 is 2.71 bits per heavy atom. The molecule has 2 heteroatoms. The van der Waals surface area contributed by atoms with Crippen LogP contribution in [0.2, 0.25) is 0 Å². The highest BCUT2D eigenvalue weighted by atomic mass is 19.1. The first kappa shape index (κ1) is 10.9. The van der Waals surface area contributed by atoms with Crippen molar-refractivity contribution in [1.29, 1.82) is 0 Å². The Hall–Kier alpha value is -1.18. The second-order valence-electron chi connectivity index (χ2n) is 5.54. The second kappa shape index (κ2) is 4.25. The van der Waals surface area contributed by atoms with Gasteiger partial charge in [-0.2, -0.15) is 0 Å². The fourth-order valence-electron chi connectivity index (χ4n) is 3.66. The summed E-state index contributed by atoms with van der Waals surface area (Å²) in [5.41, 5.74) is 0.273. The molecule has 0 N–H and O–H groups in total. The summed E-state index contributed by atoms with van der Waals surface area (Å²) >= 11 is 0. The third kappa shape index (κ3) is 2.01. The Bertz CT molecular complexity index is 440. The van der Waals surface area contributed by atoms with E-state index in [9.17, 15) is 9.18 Å². The summed E-state index contributed by atoms with van der Waals surface area (Å²) in [6.45, 7) is 0. The quantitative estimate of drug-likeness (QED) is 0.724. The minimum absolute atomic E-state index is 0.0133. The van der Waals surface area contributed by atoms with Gasteiger partial charge in [-0.15, -0.1) is 0 Å². The van der Waals surface area contributed by atoms with E-state index in [-0.39, 0.29) is 17.2 Å². The minimum Gasteiger partial charge on any atom is -0.294 e. The van der Waals surface area contributed by atoms with Gasteiger partial charge in [0.05, 0.1) is 5.56 Å². The Morgan fingerprint density at radius 1 is 1.24 bits per heavy atom. The zero-order chi connectivity index (χ0) is 11.8. The van der Waals surface area contributed by atoms with E-state index in [1.807, 2.05) is 0 Å². The molecule has 1 aromatic carbocycles. The molecule has 0 spiro atoms. The molecule has 2 aliphatic rings. The van der Waals surface area contributed by atoms with Crippen LogP contribution in [0.25, 0.3) is 0 Å². The van der Waals surface area contributed by atoms with Gasteiger partial charge in [-0.1, -0.05) is 18.6 Å². The molecular formula is C15H17FO. The van der Waals surface area contributed by atoms with Crippen molar-refractivity contribution in [2.45, 2.75) is 32.1 Å². The van der Waals surface area contributed by atoms with Crippen LogP contribution in [0.1, 0.15) is 42.5 Å². The molecule has 2 fully saturated rings.